The van der Waals surface area contributed by atoms with Gasteiger partial charge in [-0.15, -0.1) is 0 Å². The van der Waals surface area contributed by atoms with Crippen molar-refractivity contribution in [2.75, 3.05) is 0 Å². The highest BCUT2D eigenvalue weighted by molar-refractivity contribution is 6.32. The Morgan fingerprint density at radius 3 is 1.83 bits per heavy atom. The van der Waals surface area contributed by atoms with Gasteiger partial charge < -0.3 is 8.99 Å². The highest BCUT2D eigenvalue weighted by Gasteiger charge is 2.30. The van der Waals surface area contributed by atoms with Gasteiger partial charge in [-0.05, 0) is 62.3 Å². The van der Waals surface area contributed by atoms with Crippen LogP contribution in [0.3, 0.4) is 0 Å². The second kappa shape index (κ2) is 7.18. The molecule has 3 nitrogen and oxygen atoms in total. The van der Waals surface area contributed by atoms with E-state index in [4.69, 9.17) is 9.42 Å². The van der Waals surface area contributed by atoms with Crippen LogP contribution in [0.1, 0.15) is 67.9 Å². The molecule has 0 aliphatic rings. The lowest BCUT2D eigenvalue weighted by atomic mass is 10.1. The molecule has 0 amide bonds. The van der Waals surface area contributed by atoms with Gasteiger partial charge >= 0.3 is 9.92 Å². The van der Waals surface area contributed by atoms with Gasteiger partial charge in [0, 0.05) is 16.7 Å². The molecule has 1 aromatic carbocycles. The zero-order valence-corrected chi connectivity index (χ0v) is 17.2. The molecule has 0 unspecified atom stereocenters. The quantitative estimate of drug-likeness (QED) is 0.456. The van der Waals surface area contributed by atoms with E-state index in [-0.39, 0.29) is 26.6 Å². The van der Waals surface area contributed by atoms with Crippen LogP contribution in [0.25, 0.3) is 0 Å². The third kappa shape index (κ3) is 7.31. The van der Waals surface area contributed by atoms with Gasteiger partial charge in [0.15, 0.2) is 0 Å². The summed E-state index contributed by atoms with van der Waals surface area (Å²) < 4.78 is 8.38. The van der Waals surface area contributed by atoms with Gasteiger partial charge in [-0.1, -0.05) is 30.3 Å². The molecule has 4 heteroatoms. The Morgan fingerprint density at radius 1 is 0.913 bits per heavy atom. The highest BCUT2D eigenvalue weighted by atomic mass is 28.2. The van der Waals surface area contributed by atoms with Crippen molar-refractivity contribution < 1.29 is 4.43 Å². The van der Waals surface area contributed by atoms with Crippen molar-refractivity contribution >= 4 is 15.8 Å². The maximum atomic E-state index is 6.11. The first-order valence-electron chi connectivity index (χ1n) is 8.19. The first kappa shape index (κ1) is 19.9. The number of hydrogen-bond acceptors (Lipinski definition) is 2. The summed E-state index contributed by atoms with van der Waals surface area (Å²) in [5.41, 5.74) is 0.720. The van der Waals surface area contributed by atoms with Gasteiger partial charge in [-0.3, -0.25) is 4.99 Å². The number of benzene rings is 1. The molecule has 0 spiro atoms. The van der Waals surface area contributed by atoms with Crippen molar-refractivity contribution in [3.8, 4) is 0 Å². The number of hydrogen-bond donors (Lipinski definition) is 0. The number of nitrogens with zero attached hydrogens (tertiary/aromatic N) is 2. The maximum absolute atomic E-state index is 6.11. The molecule has 0 aromatic heterocycles. The summed E-state index contributed by atoms with van der Waals surface area (Å²) in [6.07, 6.45) is 0. The van der Waals surface area contributed by atoms with E-state index >= 15 is 0 Å². The van der Waals surface area contributed by atoms with Gasteiger partial charge in [0.05, 0.1) is 5.54 Å². The largest absolute Gasteiger partial charge is 0.393 e. The van der Waals surface area contributed by atoms with Crippen molar-refractivity contribution in [1.82, 2.24) is 4.57 Å². The second-order valence-corrected chi connectivity index (χ2v) is 9.62. The molecule has 0 heterocycles. The van der Waals surface area contributed by atoms with Gasteiger partial charge in [0.25, 0.3) is 0 Å². The molecule has 0 aliphatic carbocycles. The molecule has 0 saturated carbocycles. The lowest BCUT2D eigenvalue weighted by Gasteiger charge is -2.39. The van der Waals surface area contributed by atoms with E-state index in [2.05, 4.69) is 91.1 Å². The minimum Gasteiger partial charge on any atom is -0.393 e. The van der Waals surface area contributed by atoms with Crippen LogP contribution in [-0.4, -0.2) is 37.0 Å². The van der Waals surface area contributed by atoms with Gasteiger partial charge in [0.1, 0.15) is 5.84 Å². The van der Waals surface area contributed by atoms with Crippen molar-refractivity contribution in [2.24, 2.45) is 4.99 Å². The number of rotatable bonds is 3. The first-order chi connectivity index (χ1) is 10.3. The van der Waals surface area contributed by atoms with E-state index < -0.39 is 0 Å². The summed E-state index contributed by atoms with van der Waals surface area (Å²) in [5, 5.41) is 0. The molecular formula is C19H32N2OSi. The van der Waals surface area contributed by atoms with Crippen LogP contribution in [0.2, 0.25) is 0 Å². The highest BCUT2D eigenvalue weighted by Crippen LogP contribution is 2.21. The Bertz CT molecular complexity index is 519. The molecule has 0 fully saturated rings. The summed E-state index contributed by atoms with van der Waals surface area (Å²) in [4.78, 5) is 5.02. The van der Waals surface area contributed by atoms with E-state index in [1.807, 2.05) is 6.07 Å². The summed E-state index contributed by atoms with van der Waals surface area (Å²) >= 11 is 0. The molecule has 0 atom stereocenters. The Morgan fingerprint density at radius 2 is 1.43 bits per heavy atom. The standard InChI is InChI=1S/C19H32N2OSi/c1-17(2,3)20-16(15-13-11-10-12-14-15)21(18(4,5)6)23-22-19(7,8)9/h10-14H,1-9H3. The fraction of sp³-hybridized carbons (Fsp3) is 0.632. The smallest absolute Gasteiger partial charge is 0.384 e. The molecular weight excluding hydrogens is 300 g/mol. The van der Waals surface area contributed by atoms with E-state index in [9.17, 15) is 0 Å². The van der Waals surface area contributed by atoms with Crippen LogP contribution in [0, 0.1) is 0 Å². The molecule has 0 saturated heterocycles. The summed E-state index contributed by atoms with van der Waals surface area (Å²) in [7, 11) is 0.220. The van der Waals surface area contributed by atoms with Crippen molar-refractivity contribution in [1.29, 1.82) is 0 Å². The summed E-state index contributed by atoms with van der Waals surface area (Å²) in [6, 6.07) is 10.4. The van der Waals surface area contributed by atoms with Crippen molar-refractivity contribution in [3.63, 3.8) is 0 Å². The Hall–Kier alpha value is -1.13. The Balaban J connectivity index is 3.31. The van der Waals surface area contributed by atoms with E-state index in [0.717, 1.165) is 11.4 Å². The molecule has 0 aliphatic heterocycles. The topological polar surface area (TPSA) is 24.8 Å². The number of amidine groups is 1. The predicted octanol–water partition coefficient (Wildman–Crippen LogP) is 4.68. The minimum atomic E-state index is -0.175. The summed E-state index contributed by atoms with van der Waals surface area (Å²) in [5.74, 6) is 0.994. The number of aliphatic imine (C=N–C) groups is 1. The second-order valence-electron chi connectivity index (χ2n) is 8.78. The molecule has 2 radical (unpaired) electrons. The lowest BCUT2D eigenvalue weighted by Crippen LogP contribution is -2.51. The molecule has 1 rings (SSSR count). The van der Waals surface area contributed by atoms with Crippen LogP contribution in [0.5, 0.6) is 0 Å². The van der Waals surface area contributed by atoms with Crippen LogP contribution in [0.15, 0.2) is 35.3 Å². The van der Waals surface area contributed by atoms with Crippen LogP contribution in [-0.2, 0) is 4.43 Å². The van der Waals surface area contributed by atoms with E-state index in [0.29, 0.717) is 0 Å². The van der Waals surface area contributed by atoms with Crippen LogP contribution >= 0.6 is 0 Å². The predicted molar refractivity (Wildman–Crippen MR) is 101 cm³/mol. The van der Waals surface area contributed by atoms with Crippen molar-refractivity contribution in [2.45, 2.75) is 79.0 Å². The maximum Gasteiger partial charge on any atom is 0.384 e. The lowest BCUT2D eigenvalue weighted by molar-refractivity contribution is 0.118. The van der Waals surface area contributed by atoms with Gasteiger partial charge in [-0.2, -0.15) is 0 Å². The van der Waals surface area contributed by atoms with Gasteiger partial charge in [0.2, 0.25) is 0 Å². The Labute approximate surface area is 145 Å². The van der Waals surface area contributed by atoms with E-state index in [1.54, 1.807) is 0 Å². The third-order valence-electron chi connectivity index (χ3n) is 2.80. The fourth-order valence-corrected chi connectivity index (χ4v) is 2.73. The monoisotopic (exact) mass is 332 g/mol. The van der Waals surface area contributed by atoms with E-state index in [1.165, 1.54) is 0 Å². The fourth-order valence-electron chi connectivity index (χ4n) is 1.83. The van der Waals surface area contributed by atoms with Crippen molar-refractivity contribution in [3.05, 3.63) is 35.9 Å². The normalized spacial score (nSPS) is 14.0. The van der Waals surface area contributed by atoms with Crippen LogP contribution < -0.4 is 0 Å². The summed E-state index contributed by atoms with van der Waals surface area (Å²) in [6.45, 7) is 19.3. The zero-order chi connectivity index (χ0) is 17.9. The molecule has 0 N–H and O–H groups in total. The Kier molecular flexibility index (Phi) is 6.22. The average Bonchev–Trinajstić information content (AvgIpc) is 2.34. The average molecular weight is 333 g/mol. The van der Waals surface area contributed by atoms with Crippen LogP contribution in [0.4, 0.5) is 0 Å². The zero-order valence-electron chi connectivity index (χ0n) is 16.2. The SMILES string of the molecule is CC(C)(C)N=C(c1ccccc1)N([Si]OC(C)(C)C)C(C)(C)C. The third-order valence-corrected chi connectivity index (χ3v) is 4.57. The molecule has 23 heavy (non-hydrogen) atoms. The molecule has 1 aromatic rings. The first-order valence-corrected chi connectivity index (χ1v) is 9.04. The minimum absolute atomic E-state index is 0.0797. The molecule has 0 bridgehead atoms. The molecule has 128 valence electrons. The van der Waals surface area contributed by atoms with Gasteiger partial charge in [-0.25, -0.2) is 0 Å².